The summed E-state index contributed by atoms with van der Waals surface area (Å²) < 4.78 is 5.05. The summed E-state index contributed by atoms with van der Waals surface area (Å²) in [7, 11) is 1.57. The molecule has 0 aromatic heterocycles. The summed E-state index contributed by atoms with van der Waals surface area (Å²) in [6.07, 6.45) is 0.863. The van der Waals surface area contributed by atoms with Crippen LogP contribution in [0.4, 0.5) is 5.69 Å². The van der Waals surface area contributed by atoms with Gasteiger partial charge in [-0.1, -0.05) is 17.7 Å². The van der Waals surface area contributed by atoms with Crippen LogP contribution in [0.3, 0.4) is 0 Å². The van der Waals surface area contributed by atoms with Gasteiger partial charge in [0.1, 0.15) is 5.75 Å². The fourth-order valence-corrected chi connectivity index (χ4v) is 2.41. The summed E-state index contributed by atoms with van der Waals surface area (Å²) in [5, 5.41) is 6.21. The lowest BCUT2D eigenvalue weighted by Gasteiger charge is -2.09. The molecule has 0 aliphatic carbocycles. The van der Waals surface area contributed by atoms with Crippen molar-refractivity contribution in [1.29, 1.82) is 0 Å². The number of anilines is 1. The fraction of sp³-hybridized carbons (Fsp3) is 0.263. The van der Waals surface area contributed by atoms with E-state index in [1.165, 1.54) is 0 Å². The molecule has 132 valence electrons. The summed E-state index contributed by atoms with van der Waals surface area (Å²) in [5.41, 5.74) is 2.21. The minimum atomic E-state index is -0.172. The van der Waals surface area contributed by atoms with Crippen LogP contribution in [0.25, 0.3) is 0 Å². The van der Waals surface area contributed by atoms with Gasteiger partial charge in [0.25, 0.3) is 5.91 Å². The molecule has 0 aliphatic heterocycles. The van der Waals surface area contributed by atoms with Crippen LogP contribution in [0.1, 0.15) is 28.8 Å². The Morgan fingerprint density at radius 3 is 2.52 bits per heavy atom. The van der Waals surface area contributed by atoms with E-state index in [9.17, 15) is 9.59 Å². The fourth-order valence-electron chi connectivity index (χ4n) is 2.24. The molecule has 2 rings (SSSR count). The van der Waals surface area contributed by atoms with Gasteiger partial charge in [-0.25, -0.2) is 0 Å². The van der Waals surface area contributed by atoms with Crippen LogP contribution in [-0.2, 0) is 4.79 Å². The molecule has 0 radical (unpaired) electrons. The second kappa shape index (κ2) is 9.08. The molecule has 0 spiro atoms. The summed E-state index contributed by atoms with van der Waals surface area (Å²) >= 11 is 5.93. The van der Waals surface area contributed by atoms with Crippen LogP contribution in [0.2, 0.25) is 5.02 Å². The third-order valence-corrected chi connectivity index (χ3v) is 3.93. The van der Waals surface area contributed by atoms with Crippen molar-refractivity contribution in [3.05, 3.63) is 58.6 Å². The number of aryl methyl sites for hydroxylation is 1. The van der Waals surface area contributed by atoms with Crippen molar-refractivity contribution in [2.45, 2.75) is 19.8 Å². The van der Waals surface area contributed by atoms with Gasteiger partial charge in [0, 0.05) is 29.2 Å². The number of halogens is 1. The highest BCUT2D eigenvalue weighted by Crippen LogP contribution is 2.20. The predicted octanol–water partition coefficient (Wildman–Crippen LogP) is 3.81. The first-order chi connectivity index (χ1) is 12.0. The molecule has 0 saturated heterocycles. The number of rotatable bonds is 7. The van der Waals surface area contributed by atoms with Crippen molar-refractivity contribution in [1.82, 2.24) is 5.32 Å². The Morgan fingerprint density at radius 2 is 1.84 bits per heavy atom. The number of hydrogen-bond acceptors (Lipinski definition) is 3. The van der Waals surface area contributed by atoms with Crippen molar-refractivity contribution in [3.63, 3.8) is 0 Å². The van der Waals surface area contributed by atoms with Crippen LogP contribution < -0.4 is 15.4 Å². The van der Waals surface area contributed by atoms with E-state index in [4.69, 9.17) is 16.3 Å². The van der Waals surface area contributed by atoms with Gasteiger partial charge in [-0.2, -0.15) is 0 Å². The predicted molar refractivity (Wildman–Crippen MR) is 99.4 cm³/mol. The quantitative estimate of drug-likeness (QED) is 0.738. The summed E-state index contributed by atoms with van der Waals surface area (Å²) in [6.45, 7) is 2.33. The molecule has 0 atom stereocenters. The lowest BCUT2D eigenvalue weighted by atomic mass is 10.2. The Morgan fingerprint density at radius 1 is 1.12 bits per heavy atom. The number of ether oxygens (including phenoxy) is 1. The van der Waals surface area contributed by atoms with Gasteiger partial charge in [-0.3, -0.25) is 9.59 Å². The average Bonchev–Trinajstić information content (AvgIpc) is 2.61. The highest BCUT2D eigenvalue weighted by atomic mass is 35.5. The van der Waals surface area contributed by atoms with Crippen molar-refractivity contribution >= 4 is 29.1 Å². The normalized spacial score (nSPS) is 10.2. The number of hydrogen-bond donors (Lipinski definition) is 2. The van der Waals surface area contributed by atoms with Crippen LogP contribution in [-0.4, -0.2) is 25.5 Å². The maximum atomic E-state index is 12.0. The van der Waals surface area contributed by atoms with Crippen LogP contribution in [0, 0.1) is 6.92 Å². The Balaban J connectivity index is 1.73. The molecular formula is C19H21ClN2O3. The molecule has 25 heavy (non-hydrogen) atoms. The third-order valence-electron chi connectivity index (χ3n) is 3.69. The molecule has 2 aromatic rings. The van der Waals surface area contributed by atoms with Gasteiger partial charge in [0.2, 0.25) is 5.91 Å². The van der Waals surface area contributed by atoms with E-state index in [2.05, 4.69) is 10.6 Å². The molecule has 0 bridgehead atoms. The summed E-state index contributed by atoms with van der Waals surface area (Å²) in [6, 6.07) is 12.2. The molecule has 6 heteroatoms. The van der Waals surface area contributed by atoms with Crippen molar-refractivity contribution < 1.29 is 14.3 Å². The summed E-state index contributed by atoms with van der Waals surface area (Å²) in [4.78, 5) is 24.0. The smallest absolute Gasteiger partial charge is 0.251 e. The Labute approximate surface area is 152 Å². The highest BCUT2D eigenvalue weighted by molar-refractivity contribution is 6.31. The zero-order valence-electron chi connectivity index (χ0n) is 14.3. The topological polar surface area (TPSA) is 67.4 Å². The van der Waals surface area contributed by atoms with E-state index in [-0.39, 0.29) is 11.8 Å². The third kappa shape index (κ3) is 5.80. The van der Waals surface area contributed by atoms with E-state index in [0.29, 0.717) is 41.4 Å². The van der Waals surface area contributed by atoms with Gasteiger partial charge in [0.05, 0.1) is 7.11 Å². The largest absolute Gasteiger partial charge is 0.497 e. The Hall–Kier alpha value is -2.53. The number of nitrogens with one attached hydrogen (secondary N) is 2. The molecule has 0 aliphatic rings. The first-order valence-corrected chi connectivity index (χ1v) is 8.35. The van der Waals surface area contributed by atoms with Crippen molar-refractivity contribution in [2.24, 2.45) is 0 Å². The minimum Gasteiger partial charge on any atom is -0.497 e. The lowest BCUT2D eigenvalue weighted by molar-refractivity contribution is -0.116. The van der Waals surface area contributed by atoms with Crippen LogP contribution in [0.15, 0.2) is 42.5 Å². The molecule has 5 nitrogen and oxygen atoms in total. The molecule has 2 N–H and O–H groups in total. The van der Waals surface area contributed by atoms with Crippen LogP contribution >= 0.6 is 11.6 Å². The first-order valence-electron chi connectivity index (χ1n) is 7.98. The number of benzene rings is 2. The molecular weight excluding hydrogens is 340 g/mol. The maximum absolute atomic E-state index is 12.0. The first kappa shape index (κ1) is 18.8. The molecule has 2 amide bonds. The summed E-state index contributed by atoms with van der Waals surface area (Å²) in [5.74, 6) is 0.419. The van der Waals surface area contributed by atoms with Crippen LogP contribution in [0.5, 0.6) is 5.75 Å². The number of methoxy groups -OCH3 is 1. The second-order valence-corrected chi connectivity index (χ2v) is 6.03. The molecule has 0 heterocycles. The number of amides is 2. The molecule has 0 unspecified atom stereocenters. The van der Waals surface area contributed by atoms with Gasteiger partial charge in [-0.05, 0) is 55.3 Å². The van der Waals surface area contributed by atoms with E-state index in [1.54, 1.807) is 43.5 Å². The zero-order valence-corrected chi connectivity index (χ0v) is 15.0. The lowest BCUT2D eigenvalue weighted by Crippen LogP contribution is -2.25. The Kier molecular flexibility index (Phi) is 6.83. The van der Waals surface area contributed by atoms with Gasteiger partial charge in [0.15, 0.2) is 0 Å². The zero-order chi connectivity index (χ0) is 18.2. The number of carbonyl (C=O) groups is 2. The van der Waals surface area contributed by atoms with E-state index in [0.717, 1.165) is 5.56 Å². The van der Waals surface area contributed by atoms with E-state index in [1.807, 2.05) is 13.0 Å². The average molecular weight is 361 g/mol. The Bertz CT molecular complexity index is 745. The van der Waals surface area contributed by atoms with Gasteiger partial charge in [-0.15, -0.1) is 0 Å². The van der Waals surface area contributed by atoms with Gasteiger partial charge < -0.3 is 15.4 Å². The number of carbonyl (C=O) groups excluding carboxylic acids is 2. The minimum absolute atomic E-state index is 0.107. The monoisotopic (exact) mass is 360 g/mol. The van der Waals surface area contributed by atoms with Crippen molar-refractivity contribution in [2.75, 3.05) is 19.0 Å². The second-order valence-electron chi connectivity index (χ2n) is 5.60. The highest BCUT2D eigenvalue weighted by Gasteiger charge is 2.07. The molecule has 2 aromatic carbocycles. The van der Waals surface area contributed by atoms with E-state index >= 15 is 0 Å². The SMILES string of the molecule is COc1ccc(C(=O)NCCCC(=O)Nc2cc(Cl)ccc2C)cc1. The maximum Gasteiger partial charge on any atom is 0.251 e. The van der Waals surface area contributed by atoms with Gasteiger partial charge >= 0.3 is 0 Å². The van der Waals surface area contributed by atoms with Crippen molar-refractivity contribution in [3.8, 4) is 5.75 Å². The molecule has 0 fully saturated rings. The van der Waals surface area contributed by atoms with E-state index < -0.39 is 0 Å². The standard InChI is InChI=1S/C19H21ClN2O3/c1-13-5-8-15(20)12-17(13)22-18(23)4-3-11-21-19(24)14-6-9-16(25-2)10-7-14/h5-10,12H,3-4,11H2,1-2H3,(H,21,24)(H,22,23). The molecule has 0 saturated carbocycles.